The van der Waals surface area contributed by atoms with Gasteiger partial charge in [-0.25, -0.2) is 4.98 Å². The van der Waals surface area contributed by atoms with Crippen LogP contribution in [-0.4, -0.2) is 23.1 Å². The highest BCUT2D eigenvalue weighted by atomic mass is 14.9. The number of imidazole rings is 1. The molecule has 1 atom stereocenters. The molecule has 0 aliphatic rings. The third-order valence-electron chi connectivity index (χ3n) is 2.90. The number of fused-ring (bicyclic) bond motifs is 1. The van der Waals surface area contributed by atoms with Crippen molar-refractivity contribution >= 4 is 11.0 Å². The standard InChI is InChI=1S/C13H19N3/c1-4-14-8-10(3)13-15-11-7-5-6-9(2)12(11)16-13/h5-7,10,14H,4,8H2,1-3H3,(H,15,16). The number of para-hydroxylation sites is 1. The zero-order valence-electron chi connectivity index (χ0n) is 10.2. The maximum Gasteiger partial charge on any atom is 0.111 e. The number of rotatable bonds is 4. The Morgan fingerprint density at radius 1 is 1.44 bits per heavy atom. The monoisotopic (exact) mass is 217 g/mol. The van der Waals surface area contributed by atoms with E-state index in [1.165, 1.54) is 5.56 Å². The number of likely N-dealkylation sites (N-methyl/N-ethyl adjacent to an activating group) is 1. The molecular formula is C13H19N3. The van der Waals surface area contributed by atoms with Crippen LogP contribution in [0.4, 0.5) is 0 Å². The van der Waals surface area contributed by atoms with Crippen LogP contribution in [0.1, 0.15) is 31.2 Å². The predicted molar refractivity (Wildman–Crippen MR) is 67.8 cm³/mol. The average Bonchev–Trinajstić information content (AvgIpc) is 2.71. The molecule has 1 aromatic heterocycles. The maximum atomic E-state index is 4.67. The van der Waals surface area contributed by atoms with Gasteiger partial charge in [-0.15, -0.1) is 0 Å². The molecule has 1 unspecified atom stereocenters. The number of nitrogens with zero attached hydrogens (tertiary/aromatic N) is 1. The lowest BCUT2D eigenvalue weighted by atomic mass is 10.2. The van der Waals surface area contributed by atoms with E-state index in [2.05, 4.69) is 54.3 Å². The van der Waals surface area contributed by atoms with Crippen molar-refractivity contribution in [1.29, 1.82) is 0 Å². The summed E-state index contributed by atoms with van der Waals surface area (Å²) in [6.07, 6.45) is 0. The summed E-state index contributed by atoms with van der Waals surface area (Å²) in [7, 11) is 0. The Bertz CT molecular complexity index is 473. The first-order chi connectivity index (χ1) is 7.72. The largest absolute Gasteiger partial charge is 0.342 e. The summed E-state index contributed by atoms with van der Waals surface area (Å²) in [5, 5.41) is 3.35. The molecule has 0 radical (unpaired) electrons. The molecule has 1 aromatic carbocycles. The lowest BCUT2D eigenvalue weighted by molar-refractivity contribution is 0.614. The number of H-pyrrole nitrogens is 1. The van der Waals surface area contributed by atoms with E-state index >= 15 is 0 Å². The van der Waals surface area contributed by atoms with Gasteiger partial charge in [0.25, 0.3) is 0 Å². The Balaban J connectivity index is 2.29. The second-order valence-electron chi connectivity index (χ2n) is 4.30. The van der Waals surface area contributed by atoms with Gasteiger partial charge in [0.1, 0.15) is 5.82 Å². The van der Waals surface area contributed by atoms with Gasteiger partial charge in [0.15, 0.2) is 0 Å². The zero-order chi connectivity index (χ0) is 11.5. The molecule has 2 aromatic rings. The van der Waals surface area contributed by atoms with Crippen LogP contribution in [0.15, 0.2) is 18.2 Å². The highest BCUT2D eigenvalue weighted by Gasteiger charge is 2.10. The van der Waals surface area contributed by atoms with E-state index < -0.39 is 0 Å². The number of nitrogens with one attached hydrogen (secondary N) is 2. The zero-order valence-corrected chi connectivity index (χ0v) is 10.2. The molecule has 2 N–H and O–H groups in total. The van der Waals surface area contributed by atoms with Crippen molar-refractivity contribution in [2.75, 3.05) is 13.1 Å². The Morgan fingerprint density at radius 3 is 2.94 bits per heavy atom. The van der Waals surface area contributed by atoms with E-state index in [1.54, 1.807) is 0 Å². The molecule has 86 valence electrons. The van der Waals surface area contributed by atoms with E-state index in [-0.39, 0.29) is 0 Å². The number of aromatic amines is 1. The van der Waals surface area contributed by atoms with Gasteiger partial charge in [0.2, 0.25) is 0 Å². The Morgan fingerprint density at radius 2 is 2.25 bits per heavy atom. The fraction of sp³-hybridized carbons (Fsp3) is 0.462. The van der Waals surface area contributed by atoms with Crippen LogP contribution in [0.5, 0.6) is 0 Å². The topological polar surface area (TPSA) is 40.7 Å². The van der Waals surface area contributed by atoms with Crippen LogP contribution in [0.3, 0.4) is 0 Å². The number of hydrogen-bond acceptors (Lipinski definition) is 2. The van der Waals surface area contributed by atoms with Crippen molar-refractivity contribution < 1.29 is 0 Å². The number of benzene rings is 1. The average molecular weight is 217 g/mol. The second-order valence-corrected chi connectivity index (χ2v) is 4.30. The van der Waals surface area contributed by atoms with Crippen molar-refractivity contribution in [2.45, 2.75) is 26.7 Å². The molecular weight excluding hydrogens is 198 g/mol. The van der Waals surface area contributed by atoms with Gasteiger partial charge < -0.3 is 10.3 Å². The van der Waals surface area contributed by atoms with Crippen molar-refractivity contribution in [3.63, 3.8) is 0 Å². The van der Waals surface area contributed by atoms with E-state index in [0.717, 1.165) is 29.9 Å². The highest BCUT2D eigenvalue weighted by molar-refractivity contribution is 5.78. The van der Waals surface area contributed by atoms with Crippen molar-refractivity contribution in [1.82, 2.24) is 15.3 Å². The van der Waals surface area contributed by atoms with E-state index in [9.17, 15) is 0 Å². The first kappa shape index (κ1) is 11.1. The molecule has 0 saturated carbocycles. The van der Waals surface area contributed by atoms with Crippen LogP contribution >= 0.6 is 0 Å². The van der Waals surface area contributed by atoms with Crippen molar-refractivity contribution in [2.24, 2.45) is 0 Å². The molecule has 0 saturated heterocycles. The SMILES string of the molecule is CCNCC(C)c1nc2c(C)cccc2[nH]1. The van der Waals surface area contributed by atoms with Crippen molar-refractivity contribution in [3.8, 4) is 0 Å². The molecule has 16 heavy (non-hydrogen) atoms. The Kier molecular flexibility index (Phi) is 3.25. The second kappa shape index (κ2) is 4.66. The van der Waals surface area contributed by atoms with Gasteiger partial charge in [-0.3, -0.25) is 0 Å². The molecule has 0 bridgehead atoms. The maximum absolute atomic E-state index is 4.67. The normalized spacial score (nSPS) is 13.2. The molecule has 0 fully saturated rings. The van der Waals surface area contributed by atoms with Crippen LogP contribution in [0.25, 0.3) is 11.0 Å². The van der Waals surface area contributed by atoms with E-state index in [1.807, 2.05) is 0 Å². The molecule has 0 spiro atoms. The summed E-state index contributed by atoms with van der Waals surface area (Å²) < 4.78 is 0. The van der Waals surface area contributed by atoms with Crippen LogP contribution in [-0.2, 0) is 0 Å². The fourth-order valence-electron chi connectivity index (χ4n) is 1.89. The molecule has 0 aliphatic heterocycles. The lowest BCUT2D eigenvalue weighted by Gasteiger charge is -2.07. The molecule has 3 nitrogen and oxygen atoms in total. The molecule has 0 amide bonds. The third-order valence-corrected chi connectivity index (χ3v) is 2.90. The van der Waals surface area contributed by atoms with Crippen LogP contribution in [0.2, 0.25) is 0 Å². The van der Waals surface area contributed by atoms with Gasteiger partial charge in [0.05, 0.1) is 11.0 Å². The minimum absolute atomic E-state index is 0.423. The summed E-state index contributed by atoms with van der Waals surface area (Å²) in [5.41, 5.74) is 3.47. The molecule has 1 heterocycles. The smallest absolute Gasteiger partial charge is 0.111 e. The molecule has 3 heteroatoms. The van der Waals surface area contributed by atoms with Crippen molar-refractivity contribution in [3.05, 3.63) is 29.6 Å². The minimum Gasteiger partial charge on any atom is -0.342 e. The van der Waals surface area contributed by atoms with Crippen LogP contribution < -0.4 is 5.32 Å². The number of aryl methyl sites for hydroxylation is 1. The van der Waals surface area contributed by atoms with Gasteiger partial charge in [-0.05, 0) is 25.1 Å². The highest BCUT2D eigenvalue weighted by Crippen LogP contribution is 2.19. The molecule has 2 rings (SSSR count). The van der Waals surface area contributed by atoms with Gasteiger partial charge in [-0.2, -0.15) is 0 Å². The quantitative estimate of drug-likeness (QED) is 0.826. The summed E-state index contributed by atoms with van der Waals surface area (Å²) >= 11 is 0. The van der Waals surface area contributed by atoms with E-state index in [0.29, 0.717) is 5.92 Å². The summed E-state index contributed by atoms with van der Waals surface area (Å²) in [6.45, 7) is 8.38. The van der Waals surface area contributed by atoms with Crippen LogP contribution in [0, 0.1) is 6.92 Å². The Labute approximate surface area is 96.3 Å². The summed E-state index contributed by atoms with van der Waals surface area (Å²) in [4.78, 5) is 8.06. The summed E-state index contributed by atoms with van der Waals surface area (Å²) in [6, 6.07) is 6.25. The Hall–Kier alpha value is -1.35. The van der Waals surface area contributed by atoms with Gasteiger partial charge >= 0.3 is 0 Å². The number of hydrogen-bond donors (Lipinski definition) is 2. The lowest BCUT2D eigenvalue weighted by Crippen LogP contribution is -2.20. The number of aromatic nitrogens is 2. The van der Waals surface area contributed by atoms with E-state index in [4.69, 9.17) is 0 Å². The fourth-order valence-corrected chi connectivity index (χ4v) is 1.89. The first-order valence-electron chi connectivity index (χ1n) is 5.88. The van der Waals surface area contributed by atoms with Gasteiger partial charge in [-0.1, -0.05) is 26.0 Å². The molecule has 0 aliphatic carbocycles. The first-order valence-corrected chi connectivity index (χ1v) is 5.88. The minimum atomic E-state index is 0.423. The predicted octanol–water partition coefficient (Wildman–Crippen LogP) is 2.58. The van der Waals surface area contributed by atoms with Gasteiger partial charge in [0, 0.05) is 12.5 Å². The summed E-state index contributed by atoms with van der Waals surface area (Å²) in [5.74, 6) is 1.50. The third kappa shape index (κ3) is 2.09.